The van der Waals surface area contributed by atoms with Crippen LogP contribution in [0.15, 0.2) is 34.8 Å². The molecule has 0 N–H and O–H groups in total. The molecule has 1 rings (SSSR count). The molecular weight excluding hydrogens is 275 g/mol. The lowest BCUT2D eigenvalue weighted by Gasteiger charge is -2.03. The van der Waals surface area contributed by atoms with Gasteiger partial charge in [0.15, 0.2) is 5.78 Å². The fourth-order valence-electron chi connectivity index (χ4n) is 1.12. The normalized spacial score (nSPS) is 10.1. The predicted octanol–water partition coefficient (Wildman–Crippen LogP) is 4.64. The number of Topliss-reactive ketones (excluding diaryl/α,β-unsaturated/α-hetero) is 1. The summed E-state index contributed by atoms with van der Waals surface area (Å²) in [6.45, 7) is 5.81. The molecule has 1 aromatic rings. The van der Waals surface area contributed by atoms with Gasteiger partial charge in [0.25, 0.3) is 0 Å². The molecular formula is C12H12BrClO. The van der Waals surface area contributed by atoms with E-state index < -0.39 is 0 Å². The summed E-state index contributed by atoms with van der Waals surface area (Å²) < 4.78 is 0.801. The van der Waals surface area contributed by atoms with E-state index >= 15 is 0 Å². The van der Waals surface area contributed by atoms with E-state index in [0.29, 0.717) is 17.0 Å². The number of ketones is 1. The van der Waals surface area contributed by atoms with Gasteiger partial charge in [-0.05, 0) is 34.5 Å². The number of carbonyl (C=O) groups excluding carboxylic acids is 1. The van der Waals surface area contributed by atoms with Gasteiger partial charge in [-0.1, -0.05) is 36.7 Å². The van der Waals surface area contributed by atoms with E-state index in [2.05, 4.69) is 22.5 Å². The molecule has 0 bridgehead atoms. The van der Waals surface area contributed by atoms with Gasteiger partial charge in [0.05, 0.1) is 5.02 Å². The average molecular weight is 288 g/mol. The first-order valence-corrected chi connectivity index (χ1v) is 5.86. The molecule has 1 aromatic carbocycles. The van der Waals surface area contributed by atoms with Crippen LogP contribution in [0.2, 0.25) is 5.02 Å². The molecule has 1 nitrogen and oxygen atoms in total. The smallest absolute Gasteiger partial charge is 0.166 e. The second-order valence-electron chi connectivity index (χ2n) is 3.33. The topological polar surface area (TPSA) is 17.1 Å². The van der Waals surface area contributed by atoms with Gasteiger partial charge in [-0.2, -0.15) is 0 Å². The van der Waals surface area contributed by atoms with Crippen LogP contribution in [0.1, 0.15) is 30.1 Å². The van der Waals surface area contributed by atoms with Crippen molar-refractivity contribution in [3.63, 3.8) is 0 Å². The third-order valence-electron chi connectivity index (χ3n) is 2.15. The average Bonchev–Trinajstić information content (AvgIpc) is 2.21. The first-order chi connectivity index (χ1) is 7.04. The maximum absolute atomic E-state index is 11.7. The van der Waals surface area contributed by atoms with E-state index in [1.807, 2.05) is 6.92 Å². The van der Waals surface area contributed by atoms with Gasteiger partial charge in [0.2, 0.25) is 0 Å². The lowest BCUT2D eigenvalue weighted by Crippen LogP contribution is -2.00. The molecule has 15 heavy (non-hydrogen) atoms. The van der Waals surface area contributed by atoms with Crippen molar-refractivity contribution >= 4 is 33.3 Å². The number of rotatable bonds is 4. The maximum Gasteiger partial charge on any atom is 0.166 e. The summed E-state index contributed by atoms with van der Waals surface area (Å²) in [7, 11) is 0. The molecule has 0 aliphatic heterocycles. The molecule has 0 fully saturated rings. The van der Waals surface area contributed by atoms with Crippen LogP contribution < -0.4 is 0 Å². The van der Waals surface area contributed by atoms with E-state index in [0.717, 1.165) is 16.5 Å². The summed E-state index contributed by atoms with van der Waals surface area (Å²) in [6, 6.07) is 5.22. The summed E-state index contributed by atoms with van der Waals surface area (Å²) in [5.74, 6) is 0.0660. The number of carbonyl (C=O) groups is 1. The second-order valence-corrected chi connectivity index (χ2v) is 4.59. The highest BCUT2D eigenvalue weighted by Gasteiger charge is 2.08. The zero-order valence-electron chi connectivity index (χ0n) is 8.52. The molecule has 0 aliphatic rings. The Labute approximate surface area is 103 Å². The van der Waals surface area contributed by atoms with Crippen LogP contribution in [0.25, 0.3) is 0 Å². The Balaban J connectivity index is 2.83. The fraction of sp³-hybridized carbons (Fsp3) is 0.250. The largest absolute Gasteiger partial charge is 0.294 e. The third kappa shape index (κ3) is 3.47. The molecule has 80 valence electrons. The van der Waals surface area contributed by atoms with E-state index in [-0.39, 0.29) is 5.78 Å². The molecule has 0 aliphatic carbocycles. The molecule has 0 heterocycles. The Morgan fingerprint density at radius 2 is 2.20 bits per heavy atom. The van der Waals surface area contributed by atoms with Crippen molar-refractivity contribution < 1.29 is 4.79 Å². The lowest BCUT2D eigenvalue weighted by molar-refractivity contribution is 0.0992. The second kappa shape index (κ2) is 5.47. The van der Waals surface area contributed by atoms with Crippen LogP contribution in [0.5, 0.6) is 0 Å². The third-order valence-corrected chi connectivity index (χ3v) is 3.38. The van der Waals surface area contributed by atoms with Crippen LogP contribution in [0.4, 0.5) is 0 Å². The quantitative estimate of drug-likeness (QED) is 0.582. The van der Waals surface area contributed by atoms with Crippen LogP contribution in [-0.2, 0) is 0 Å². The molecule has 3 heteroatoms. The van der Waals surface area contributed by atoms with E-state index in [9.17, 15) is 4.79 Å². The summed E-state index contributed by atoms with van der Waals surface area (Å²) >= 11 is 9.19. The number of benzene rings is 1. The van der Waals surface area contributed by atoms with Crippen LogP contribution >= 0.6 is 27.5 Å². The van der Waals surface area contributed by atoms with E-state index in [1.54, 1.807) is 18.2 Å². The molecule has 0 saturated heterocycles. The Bertz CT molecular complexity index is 399. The maximum atomic E-state index is 11.7. The molecule has 0 spiro atoms. The summed E-state index contributed by atoms with van der Waals surface area (Å²) in [4.78, 5) is 11.7. The van der Waals surface area contributed by atoms with Crippen molar-refractivity contribution in [1.29, 1.82) is 0 Å². The van der Waals surface area contributed by atoms with Gasteiger partial charge in [-0.3, -0.25) is 4.79 Å². The van der Waals surface area contributed by atoms with Crippen LogP contribution in [0.3, 0.4) is 0 Å². The van der Waals surface area contributed by atoms with Crippen molar-refractivity contribution in [3.8, 4) is 0 Å². The standard InChI is InChI=1S/C12H12BrClO/c1-3-8(2)6-12(15)9-4-5-10(13)11(14)7-9/h4-5,7H,2-3,6H2,1H3. The summed E-state index contributed by atoms with van der Waals surface area (Å²) in [5.41, 5.74) is 1.58. The summed E-state index contributed by atoms with van der Waals surface area (Å²) in [6.07, 6.45) is 1.23. The van der Waals surface area contributed by atoms with Crippen LogP contribution in [0, 0.1) is 0 Å². The summed E-state index contributed by atoms with van der Waals surface area (Å²) in [5, 5.41) is 0.558. The molecule has 0 unspecified atom stereocenters. The van der Waals surface area contributed by atoms with Gasteiger partial charge in [0.1, 0.15) is 0 Å². The van der Waals surface area contributed by atoms with Crippen molar-refractivity contribution in [2.45, 2.75) is 19.8 Å². The number of halogens is 2. The number of hydrogen-bond donors (Lipinski definition) is 0. The van der Waals surface area contributed by atoms with Gasteiger partial charge in [-0.15, -0.1) is 0 Å². The molecule has 0 radical (unpaired) electrons. The van der Waals surface area contributed by atoms with Gasteiger partial charge in [-0.25, -0.2) is 0 Å². The van der Waals surface area contributed by atoms with E-state index in [1.165, 1.54) is 0 Å². The highest BCUT2D eigenvalue weighted by Crippen LogP contribution is 2.24. The van der Waals surface area contributed by atoms with Gasteiger partial charge < -0.3 is 0 Å². The van der Waals surface area contributed by atoms with Crippen molar-refractivity contribution in [2.24, 2.45) is 0 Å². The SMILES string of the molecule is C=C(CC)CC(=O)c1ccc(Br)c(Cl)c1. The number of allylic oxidation sites excluding steroid dienone is 1. The Morgan fingerprint density at radius 1 is 1.53 bits per heavy atom. The molecule has 0 aromatic heterocycles. The van der Waals surface area contributed by atoms with Gasteiger partial charge >= 0.3 is 0 Å². The van der Waals surface area contributed by atoms with Crippen molar-refractivity contribution in [2.75, 3.05) is 0 Å². The highest BCUT2D eigenvalue weighted by molar-refractivity contribution is 9.10. The Morgan fingerprint density at radius 3 is 2.73 bits per heavy atom. The molecule has 0 amide bonds. The van der Waals surface area contributed by atoms with Crippen molar-refractivity contribution in [1.82, 2.24) is 0 Å². The number of hydrogen-bond acceptors (Lipinski definition) is 1. The lowest BCUT2D eigenvalue weighted by atomic mass is 10.0. The molecule has 0 atom stereocenters. The minimum atomic E-state index is 0.0660. The monoisotopic (exact) mass is 286 g/mol. The van der Waals surface area contributed by atoms with E-state index in [4.69, 9.17) is 11.6 Å². The molecule has 0 saturated carbocycles. The fourth-order valence-corrected chi connectivity index (χ4v) is 1.55. The zero-order chi connectivity index (χ0) is 11.4. The minimum Gasteiger partial charge on any atom is -0.294 e. The Hall–Kier alpha value is -0.600. The van der Waals surface area contributed by atoms with Crippen LogP contribution in [-0.4, -0.2) is 5.78 Å². The minimum absolute atomic E-state index is 0.0660. The Kier molecular flexibility index (Phi) is 4.55. The predicted molar refractivity (Wildman–Crippen MR) is 67.5 cm³/mol. The van der Waals surface area contributed by atoms with Crippen molar-refractivity contribution in [3.05, 3.63) is 45.4 Å². The first kappa shape index (κ1) is 12.5. The zero-order valence-corrected chi connectivity index (χ0v) is 10.9. The first-order valence-electron chi connectivity index (χ1n) is 4.69. The highest BCUT2D eigenvalue weighted by atomic mass is 79.9. The van der Waals surface area contributed by atoms with Gasteiger partial charge in [0, 0.05) is 16.5 Å².